The lowest BCUT2D eigenvalue weighted by atomic mass is 10.1. The third-order valence-electron chi connectivity index (χ3n) is 4.64. The minimum Gasteiger partial charge on any atom is -1.00 e. The largest absolute Gasteiger partial charge is 1.00 e. The fraction of sp³-hybridized carbons (Fsp3) is 0.208. The molecule has 0 unspecified atom stereocenters. The molecule has 0 aliphatic rings. The number of Topliss-reactive ketones (excluding diaryl/α,β-unsaturated/α-hetero) is 1. The van der Waals surface area contributed by atoms with Crippen LogP contribution >= 0.6 is 7.26 Å². The van der Waals surface area contributed by atoms with Gasteiger partial charge >= 0.3 is 0 Å². The molecule has 0 heterocycles. The summed E-state index contributed by atoms with van der Waals surface area (Å²) in [5, 5.41) is 3.82. The fourth-order valence-electron chi connectivity index (χ4n) is 3.55. The Morgan fingerprint density at radius 2 is 1.04 bits per heavy atom. The molecule has 3 aromatic rings. The lowest BCUT2D eigenvalue weighted by Crippen LogP contribution is -3.00. The molecular formula is C24H26BrOP. The Morgan fingerprint density at radius 3 is 1.33 bits per heavy atom. The molecule has 0 radical (unpaired) electrons. The van der Waals surface area contributed by atoms with Gasteiger partial charge in [0.05, 0.1) is 0 Å². The van der Waals surface area contributed by atoms with Crippen molar-refractivity contribution in [2.24, 2.45) is 5.92 Å². The zero-order valence-corrected chi connectivity index (χ0v) is 18.4. The summed E-state index contributed by atoms with van der Waals surface area (Å²) in [6, 6.07) is 31.8. The van der Waals surface area contributed by atoms with Crippen molar-refractivity contribution in [2.45, 2.75) is 20.3 Å². The third-order valence-corrected chi connectivity index (χ3v) is 9.01. The summed E-state index contributed by atoms with van der Waals surface area (Å²) in [4.78, 5) is 13.0. The van der Waals surface area contributed by atoms with Gasteiger partial charge < -0.3 is 17.0 Å². The number of ketones is 1. The highest BCUT2D eigenvalue weighted by atomic mass is 79.9. The van der Waals surface area contributed by atoms with Crippen molar-refractivity contribution in [1.29, 1.82) is 0 Å². The van der Waals surface area contributed by atoms with E-state index in [1.54, 1.807) is 0 Å². The molecule has 0 amide bonds. The number of carbonyl (C=O) groups is 1. The zero-order chi connectivity index (χ0) is 18.4. The maximum Gasteiger partial charge on any atom is 0.171 e. The van der Waals surface area contributed by atoms with Crippen LogP contribution in [0.15, 0.2) is 91.0 Å². The predicted molar refractivity (Wildman–Crippen MR) is 114 cm³/mol. The van der Waals surface area contributed by atoms with Gasteiger partial charge in [-0.15, -0.1) is 0 Å². The molecule has 3 aromatic carbocycles. The zero-order valence-electron chi connectivity index (χ0n) is 15.9. The van der Waals surface area contributed by atoms with E-state index in [1.807, 2.05) is 18.2 Å². The Labute approximate surface area is 173 Å². The second kappa shape index (κ2) is 9.97. The van der Waals surface area contributed by atoms with Crippen LogP contribution in [0.3, 0.4) is 0 Å². The van der Waals surface area contributed by atoms with Gasteiger partial charge in [0.2, 0.25) is 0 Å². The van der Waals surface area contributed by atoms with Gasteiger partial charge in [-0.25, -0.2) is 0 Å². The Morgan fingerprint density at radius 1 is 0.704 bits per heavy atom. The highest BCUT2D eigenvalue weighted by Crippen LogP contribution is 2.55. The van der Waals surface area contributed by atoms with E-state index in [1.165, 1.54) is 15.9 Å². The Balaban J connectivity index is 0.00000261. The monoisotopic (exact) mass is 440 g/mol. The van der Waals surface area contributed by atoms with Crippen LogP contribution in [0, 0.1) is 5.92 Å². The predicted octanol–water partition coefficient (Wildman–Crippen LogP) is 1.60. The van der Waals surface area contributed by atoms with Crippen molar-refractivity contribution in [3.05, 3.63) is 91.0 Å². The number of carbonyl (C=O) groups excluding carboxylic acids is 1. The molecule has 0 aliphatic heterocycles. The molecule has 0 spiro atoms. The summed E-state index contributed by atoms with van der Waals surface area (Å²) in [6.45, 7) is 4.23. The van der Waals surface area contributed by atoms with Gasteiger partial charge in [0.1, 0.15) is 29.3 Å². The Kier molecular flexibility index (Phi) is 7.95. The van der Waals surface area contributed by atoms with Gasteiger partial charge in [0, 0.05) is 6.42 Å². The molecule has 3 rings (SSSR count). The van der Waals surface area contributed by atoms with Gasteiger partial charge in [0.25, 0.3) is 0 Å². The lowest BCUT2D eigenvalue weighted by molar-refractivity contribution is -0.117. The molecule has 0 N–H and O–H groups in total. The maximum absolute atomic E-state index is 13.0. The fourth-order valence-corrected chi connectivity index (χ4v) is 7.70. The molecule has 0 saturated carbocycles. The summed E-state index contributed by atoms with van der Waals surface area (Å²) >= 11 is 0. The molecular weight excluding hydrogens is 415 g/mol. The minimum atomic E-state index is -2.02. The molecule has 0 saturated heterocycles. The Bertz CT molecular complexity index is 735. The first-order valence-electron chi connectivity index (χ1n) is 9.19. The lowest BCUT2D eigenvalue weighted by Gasteiger charge is -2.27. The molecule has 1 nitrogen and oxygen atoms in total. The maximum atomic E-state index is 13.0. The molecule has 0 atom stereocenters. The average molecular weight is 441 g/mol. The molecule has 0 aromatic heterocycles. The van der Waals surface area contributed by atoms with Gasteiger partial charge in [-0.05, 0) is 42.3 Å². The number of hydrogen-bond acceptors (Lipinski definition) is 1. The van der Waals surface area contributed by atoms with Crippen LogP contribution in [0.4, 0.5) is 0 Å². The van der Waals surface area contributed by atoms with Crippen molar-refractivity contribution < 1.29 is 21.8 Å². The van der Waals surface area contributed by atoms with E-state index >= 15 is 0 Å². The van der Waals surface area contributed by atoms with Crippen molar-refractivity contribution >= 4 is 29.0 Å². The first kappa shape index (κ1) is 21.5. The average Bonchev–Trinajstić information content (AvgIpc) is 2.67. The van der Waals surface area contributed by atoms with Crippen molar-refractivity contribution in [1.82, 2.24) is 0 Å². The van der Waals surface area contributed by atoms with Crippen LogP contribution in [0.2, 0.25) is 0 Å². The number of benzene rings is 3. The van der Waals surface area contributed by atoms with E-state index in [0.717, 1.165) is 0 Å². The number of hydrogen-bond donors (Lipinski definition) is 0. The molecule has 3 heteroatoms. The Hall–Kier alpha value is -1.76. The number of rotatable bonds is 7. The number of halogens is 1. The van der Waals surface area contributed by atoms with Crippen LogP contribution in [0.25, 0.3) is 0 Å². The van der Waals surface area contributed by atoms with Crippen LogP contribution in [0.5, 0.6) is 0 Å². The molecule has 0 aliphatic carbocycles. The van der Waals surface area contributed by atoms with Crippen molar-refractivity contribution in [2.75, 3.05) is 6.16 Å². The van der Waals surface area contributed by atoms with E-state index < -0.39 is 7.26 Å². The van der Waals surface area contributed by atoms with E-state index in [2.05, 4.69) is 86.6 Å². The van der Waals surface area contributed by atoms with Gasteiger partial charge in [-0.2, -0.15) is 0 Å². The summed E-state index contributed by atoms with van der Waals surface area (Å²) in [5.41, 5.74) is 0. The molecule has 0 fully saturated rings. The quantitative estimate of drug-likeness (QED) is 0.510. The second-order valence-electron chi connectivity index (χ2n) is 7.11. The minimum absolute atomic E-state index is 0. The van der Waals surface area contributed by atoms with Crippen molar-refractivity contribution in [3.8, 4) is 0 Å². The van der Waals surface area contributed by atoms with E-state index in [9.17, 15) is 4.79 Å². The van der Waals surface area contributed by atoms with Gasteiger partial charge in [0.15, 0.2) is 5.78 Å². The summed E-state index contributed by atoms with van der Waals surface area (Å²) in [5.74, 6) is 0.733. The van der Waals surface area contributed by atoms with E-state index in [0.29, 0.717) is 24.3 Å². The summed E-state index contributed by atoms with van der Waals surface area (Å²) in [6.07, 6.45) is 1.22. The van der Waals surface area contributed by atoms with E-state index in [-0.39, 0.29) is 17.0 Å². The van der Waals surface area contributed by atoms with Crippen LogP contribution in [-0.4, -0.2) is 11.9 Å². The summed E-state index contributed by atoms with van der Waals surface area (Å²) in [7, 11) is -2.02. The van der Waals surface area contributed by atoms with Gasteiger partial charge in [-0.1, -0.05) is 68.4 Å². The molecule has 140 valence electrons. The van der Waals surface area contributed by atoms with E-state index in [4.69, 9.17) is 0 Å². The van der Waals surface area contributed by atoms with Crippen LogP contribution < -0.4 is 32.9 Å². The highest BCUT2D eigenvalue weighted by molar-refractivity contribution is 7.96. The van der Waals surface area contributed by atoms with Crippen LogP contribution in [-0.2, 0) is 4.79 Å². The first-order valence-corrected chi connectivity index (χ1v) is 11.2. The highest BCUT2D eigenvalue weighted by Gasteiger charge is 2.46. The SMILES string of the molecule is CC(C)CC(=O)C[P+](c1ccccc1)(c1ccccc1)c1ccccc1.[Br-]. The van der Waals surface area contributed by atoms with Crippen LogP contribution in [0.1, 0.15) is 20.3 Å². The third kappa shape index (κ3) is 4.94. The molecule has 27 heavy (non-hydrogen) atoms. The normalized spacial score (nSPS) is 11.1. The second-order valence-corrected chi connectivity index (χ2v) is 10.6. The van der Waals surface area contributed by atoms with Crippen molar-refractivity contribution in [3.63, 3.8) is 0 Å². The first-order chi connectivity index (χ1) is 12.6. The summed E-state index contributed by atoms with van der Waals surface area (Å²) < 4.78 is 0. The topological polar surface area (TPSA) is 17.1 Å². The smallest absolute Gasteiger partial charge is 0.171 e. The van der Waals surface area contributed by atoms with Gasteiger partial charge in [-0.3, -0.25) is 4.79 Å². The molecule has 0 bridgehead atoms. The standard InChI is InChI=1S/C24H26OP.BrH/c1-20(2)18-21(25)19-26(22-12-6-3-7-13-22,23-14-8-4-9-15-23)24-16-10-5-11-17-24;/h3-17,20H,18-19H2,1-2H3;1H/q+1;/p-1.